The van der Waals surface area contributed by atoms with Crippen LogP contribution in [-0.2, 0) is 0 Å². The summed E-state index contributed by atoms with van der Waals surface area (Å²) in [4.78, 5) is 14.9. The van der Waals surface area contributed by atoms with E-state index in [-0.39, 0.29) is 5.28 Å². The van der Waals surface area contributed by atoms with Gasteiger partial charge in [0.1, 0.15) is 0 Å². The highest BCUT2D eigenvalue weighted by Gasteiger charge is 2.10. The lowest BCUT2D eigenvalue weighted by Gasteiger charge is -2.25. The molecule has 0 atom stereocenters. The van der Waals surface area contributed by atoms with Crippen molar-refractivity contribution in [2.45, 2.75) is 0 Å². The summed E-state index contributed by atoms with van der Waals surface area (Å²) in [6.07, 6.45) is 3.43. The summed E-state index contributed by atoms with van der Waals surface area (Å²) in [6, 6.07) is 1.80. The van der Waals surface area contributed by atoms with Crippen molar-refractivity contribution in [1.29, 1.82) is 0 Å². The summed E-state index contributed by atoms with van der Waals surface area (Å²) < 4.78 is 1.56. The van der Waals surface area contributed by atoms with Gasteiger partial charge in [0, 0.05) is 50.1 Å². The fourth-order valence-electron chi connectivity index (χ4n) is 2.06. The quantitative estimate of drug-likeness (QED) is 0.884. The van der Waals surface area contributed by atoms with Gasteiger partial charge in [0.15, 0.2) is 0 Å². The number of nitrogens with zero attached hydrogens (tertiary/aromatic N) is 6. The molecule has 1 aliphatic rings. The molecular weight excluding hydrogens is 310 g/mol. The fraction of sp³-hybridized carbons (Fsp3) is 0.500. The first kappa shape index (κ1) is 14.6. The van der Waals surface area contributed by atoms with Gasteiger partial charge in [-0.3, -0.25) is 4.90 Å². The first-order valence-corrected chi connectivity index (χ1v) is 8.30. The Morgan fingerprint density at radius 3 is 2.86 bits per heavy atom. The minimum Gasteiger partial charge on any atom is -0.353 e. The van der Waals surface area contributed by atoms with Crippen molar-refractivity contribution in [2.24, 2.45) is 0 Å². The van der Waals surface area contributed by atoms with Crippen LogP contribution in [0.4, 0.5) is 5.95 Å². The third-order valence-electron chi connectivity index (χ3n) is 3.12. The first-order chi connectivity index (χ1) is 10.3. The lowest BCUT2D eigenvalue weighted by atomic mass is 10.4. The van der Waals surface area contributed by atoms with Gasteiger partial charge >= 0.3 is 0 Å². The molecule has 3 rings (SSSR count). The van der Waals surface area contributed by atoms with Crippen LogP contribution in [0.15, 0.2) is 18.5 Å². The molecule has 0 unspecified atom stereocenters. The first-order valence-electron chi connectivity index (χ1n) is 6.77. The Hall–Kier alpha value is -1.38. The van der Waals surface area contributed by atoms with Crippen LogP contribution >= 0.6 is 23.4 Å². The Balaban J connectivity index is 1.60. The fourth-order valence-corrected chi connectivity index (χ4v) is 3.19. The van der Waals surface area contributed by atoms with Gasteiger partial charge in [-0.15, -0.1) is 0 Å². The highest BCUT2D eigenvalue weighted by Crippen LogP contribution is 2.10. The van der Waals surface area contributed by atoms with E-state index in [1.54, 1.807) is 23.1 Å². The molecule has 0 spiro atoms. The number of halogens is 1. The molecule has 0 bridgehead atoms. The zero-order valence-corrected chi connectivity index (χ0v) is 13.0. The summed E-state index contributed by atoms with van der Waals surface area (Å²) in [7, 11) is 0. The molecule has 3 heterocycles. The maximum atomic E-state index is 5.94. The van der Waals surface area contributed by atoms with Crippen LogP contribution in [0.5, 0.6) is 0 Å². The van der Waals surface area contributed by atoms with E-state index < -0.39 is 0 Å². The standard InChI is InChI=1S/C12H16ClN7S/c13-10-16-11(14-3-5-19-6-8-21-9-7-19)18-12(17-10)20-4-1-2-15-20/h1-2,4H,3,5-9H2,(H,14,16,17,18). The number of hydrogen-bond acceptors (Lipinski definition) is 7. The molecule has 1 N–H and O–H groups in total. The van der Waals surface area contributed by atoms with Gasteiger partial charge in [-0.2, -0.15) is 31.8 Å². The van der Waals surface area contributed by atoms with Crippen LogP contribution in [0, 0.1) is 0 Å². The number of thioether (sulfide) groups is 1. The second-order valence-corrected chi connectivity index (χ2v) is 6.12. The predicted octanol–water partition coefficient (Wildman–Crippen LogP) is 1.17. The molecule has 112 valence electrons. The summed E-state index contributed by atoms with van der Waals surface area (Å²) >= 11 is 7.95. The molecule has 1 fully saturated rings. The zero-order chi connectivity index (χ0) is 14.5. The van der Waals surface area contributed by atoms with Crippen LogP contribution in [0.2, 0.25) is 5.28 Å². The number of nitrogens with one attached hydrogen (secondary N) is 1. The Morgan fingerprint density at radius 2 is 2.10 bits per heavy atom. The minimum absolute atomic E-state index is 0.160. The van der Waals surface area contributed by atoms with E-state index in [1.165, 1.54) is 11.5 Å². The summed E-state index contributed by atoms with van der Waals surface area (Å²) in [5.74, 6) is 3.31. The monoisotopic (exact) mass is 325 g/mol. The lowest BCUT2D eigenvalue weighted by Crippen LogP contribution is -2.36. The van der Waals surface area contributed by atoms with E-state index in [0.717, 1.165) is 26.2 Å². The summed E-state index contributed by atoms with van der Waals surface area (Å²) in [5, 5.41) is 7.45. The number of hydrogen-bond donors (Lipinski definition) is 1. The molecule has 0 amide bonds. The SMILES string of the molecule is Clc1nc(NCCN2CCSCC2)nc(-n2cccn2)n1. The second kappa shape index (κ2) is 7.06. The smallest absolute Gasteiger partial charge is 0.256 e. The normalized spacial score (nSPS) is 16.0. The van der Waals surface area contributed by atoms with Crippen molar-refractivity contribution in [2.75, 3.05) is 43.0 Å². The van der Waals surface area contributed by atoms with E-state index in [2.05, 4.69) is 30.3 Å². The Bertz CT molecular complexity index is 571. The third kappa shape index (κ3) is 4.05. The van der Waals surface area contributed by atoms with E-state index in [1.807, 2.05) is 11.8 Å². The highest BCUT2D eigenvalue weighted by atomic mass is 35.5. The summed E-state index contributed by atoms with van der Waals surface area (Å²) in [5.41, 5.74) is 0. The van der Waals surface area contributed by atoms with Crippen LogP contribution in [0.25, 0.3) is 5.95 Å². The molecule has 2 aromatic heterocycles. The minimum atomic E-state index is 0.160. The van der Waals surface area contributed by atoms with E-state index in [9.17, 15) is 0 Å². The maximum Gasteiger partial charge on any atom is 0.256 e. The molecular formula is C12H16ClN7S. The van der Waals surface area contributed by atoms with E-state index in [4.69, 9.17) is 11.6 Å². The molecule has 1 saturated heterocycles. The Labute approximate surface area is 132 Å². The maximum absolute atomic E-state index is 5.94. The molecule has 7 nitrogen and oxygen atoms in total. The average Bonchev–Trinajstić information content (AvgIpc) is 3.02. The molecule has 21 heavy (non-hydrogen) atoms. The van der Waals surface area contributed by atoms with E-state index >= 15 is 0 Å². The molecule has 9 heteroatoms. The molecule has 2 aromatic rings. The van der Waals surface area contributed by atoms with Crippen molar-refractivity contribution in [3.63, 3.8) is 0 Å². The van der Waals surface area contributed by atoms with Crippen molar-refractivity contribution in [1.82, 2.24) is 29.6 Å². The number of rotatable bonds is 5. The average molecular weight is 326 g/mol. The van der Waals surface area contributed by atoms with Crippen molar-refractivity contribution in [3.05, 3.63) is 23.7 Å². The lowest BCUT2D eigenvalue weighted by molar-refractivity contribution is 0.314. The molecule has 0 radical (unpaired) electrons. The third-order valence-corrected chi connectivity index (χ3v) is 4.23. The van der Waals surface area contributed by atoms with Crippen LogP contribution in [0.1, 0.15) is 0 Å². The Morgan fingerprint density at radius 1 is 1.24 bits per heavy atom. The largest absolute Gasteiger partial charge is 0.353 e. The van der Waals surface area contributed by atoms with Crippen molar-refractivity contribution >= 4 is 29.3 Å². The van der Waals surface area contributed by atoms with Crippen LogP contribution in [-0.4, -0.2) is 67.3 Å². The number of anilines is 1. The Kier molecular flexibility index (Phi) is 4.89. The van der Waals surface area contributed by atoms with Gasteiger partial charge in [0.05, 0.1) is 0 Å². The molecule has 0 aromatic carbocycles. The second-order valence-electron chi connectivity index (χ2n) is 4.56. The van der Waals surface area contributed by atoms with Gasteiger partial charge in [-0.1, -0.05) is 0 Å². The van der Waals surface area contributed by atoms with Crippen LogP contribution in [0.3, 0.4) is 0 Å². The van der Waals surface area contributed by atoms with Gasteiger partial charge < -0.3 is 5.32 Å². The predicted molar refractivity (Wildman–Crippen MR) is 84.2 cm³/mol. The highest BCUT2D eigenvalue weighted by molar-refractivity contribution is 7.99. The van der Waals surface area contributed by atoms with Crippen molar-refractivity contribution < 1.29 is 0 Å². The number of aromatic nitrogens is 5. The molecule has 1 aliphatic heterocycles. The molecule has 0 aliphatic carbocycles. The van der Waals surface area contributed by atoms with E-state index in [0.29, 0.717) is 11.9 Å². The zero-order valence-electron chi connectivity index (χ0n) is 11.4. The van der Waals surface area contributed by atoms with Gasteiger partial charge in [0.25, 0.3) is 5.95 Å². The molecule has 0 saturated carbocycles. The van der Waals surface area contributed by atoms with Crippen LogP contribution < -0.4 is 5.32 Å². The topological polar surface area (TPSA) is 71.8 Å². The van der Waals surface area contributed by atoms with Crippen molar-refractivity contribution in [3.8, 4) is 5.95 Å². The van der Waals surface area contributed by atoms with Gasteiger partial charge in [-0.05, 0) is 17.7 Å². The summed E-state index contributed by atoms with van der Waals surface area (Å²) in [6.45, 7) is 4.04. The van der Waals surface area contributed by atoms with Gasteiger partial charge in [0.2, 0.25) is 11.2 Å². The van der Waals surface area contributed by atoms with Gasteiger partial charge in [-0.25, -0.2) is 4.68 Å².